The molecule has 2 heterocycles. The number of aromatic nitrogens is 4. The number of amides is 1. The molecule has 156 valence electrons. The van der Waals surface area contributed by atoms with Crippen LogP contribution in [0.2, 0.25) is 0 Å². The number of hydrogen-bond donors (Lipinski definition) is 0. The number of rotatable bonds is 7. The lowest BCUT2D eigenvalue weighted by molar-refractivity contribution is -0.133. The lowest BCUT2D eigenvalue weighted by Crippen LogP contribution is -2.44. The molecule has 0 fully saturated rings. The van der Waals surface area contributed by atoms with E-state index >= 15 is 0 Å². The van der Waals surface area contributed by atoms with Gasteiger partial charge in [-0.2, -0.15) is 4.80 Å². The van der Waals surface area contributed by atoms with Crippen molar-refractivity contribution in [2.75, 3.05) is 19.7 Å². The molecule has 4 rings (SSSR count). The maximum absolute atomic E-state index is 12.8. The molecule has 0 bridgehead atoms. The number of benzene rings is 2. The minimum Gasteiger partial charge on any atom is -0.486 e. The minimum absolute atomic E-state index is 0.0258. The van der Waals surface area contributed by atoms with Crippen LogP contribution >= 0.6 is 0 Å². The number of tetrazole rings is 1. The molecule has 0 unspecified atom stereocenters. The number of nitrogens with zero attached hydrogens (tertiary/aromatic N) is 5. The van der Waals surface area contributed by atoms with Gasteiger partial charge in [0.25, 0.3) is 0 Å². The van der Waals surface area contributed by atoms with Gasteiger partial charge < -0.3 is 14.4 Å². The zero-order valence-corrected chi connectivity index (χ0v) is 17.2. The van der Waals surface area contributed by atoms with Gasteiger partial charge in [-0.1, -0.05) is 43.3 Å². The van der Waals surface area contributed by atoms with Crippen molar-refractivity contribution < 1.29 is 14.3 Å². The average Bonchev–Trinajstić information content (AvgIpc) is 3.25. The Morgan fingerprint density at radius 3 is 2.63 bits per heavy atom. The molecule has 0 N–H and O–H groups in total. The number of para-hydroxylation sites is 2. The lowest BCUT2D eigenvalue weighted by Gasteiger charge is -2.30. The summed E-state index contributed by atoms with van der Waals surface area (Å²) in [6, 6.07) is 15.6. The largest absolute Gasteiger partial charge is 0.486 e. The van der Waals surface area contributed by atoms with E-state index in [-0.39, 0.29) is 18.6 Å². The average molecular weight is 407 g/mol. The molecule has 8 heteroatoms. The molecule has 0 spiro atoms. The van der Waals surface area contributed by atoms with Crippen LogP contribution in [-0.2, 0) is 17.8 Å². The van der Waals surface area contributed by atoms with Crippen molar-refractivity contribution in [3.05, 3.63) is 54.1 Å². The molecule has 0 aliphatic carbocycles. The molecule has 1 amide bonds. The van der Waals surface area contributed by atoms with Crippen LogP contribution in [0.4, 0.5) is 0 Å². The first kappa shape index (κ1) is 19.9. The molecule has 30 heavy (non-hydrogen) atoms. The molecule has 1 aliphatic heterocycles. The first-order valence-corrected chi connectivity index (χ1v) is 10.2. The van der Waals surface area contributed by atoms with Crippen LogP contribution in [0.15, 0.2) is 48.5 Å². The summed E-state index contributed by atoms with van der Waals surface area (Å²) in [4.78, 5) is 15.9. The van der Waals surface area contributed by atoms with E-state index in [1.54, 1.807) is 4.90 Å². The van der Waals surface area contributed by atoms with Crippen molar-refractivity contribution in [2.45, 2.75) is 32.9 Å². The van der Waals surface area contributed by atoms with Crippen LogP contribution in [0, 0.1) is 0 Å². The number of ether oxygens (including phenoxy) is 2. The first-order chi connectivity index (χ1) is 14.7. The molecule has 0 saturated carbocycles. The molecule has 1 atom stereocenters. The van der Waals surface area contributed by atoms with Crippen LogP contribution in [0.25, 0.3) is 11.4 Å². The second kappa shape index (κ2) is 8.94. The van der Waals surface area contributed by atoms with E-state index in [1.807, 2.05) is 55.5 Å². The fraction of sp³-hybridized carbons (Fsp3) is 0.364. The molecule has 3 aromatic rings. The van der Waals surface area contributed by atoms with Crippen molar-refractivity contribution in [2.24, 2.45) is 0 Å². The Labute approximate surface area is 175 Å². The number of hydrogen-bond acceptors (Lipinski definition) is 6. The maximum Gasteiger partial charge on any atom is 0.246 e. The van der Waals surface area contributed by atoms with Crippen LogP contribution < -0.4 is 9.47 Å². The third kappa shape index (κ3) is 4.42. The summed E-state index contributed by atoms with van der Waals surface area (Å²) in [6.07, 6.45) is 0.753. The quantitative estimate of drug-likeness (QED) is 0.599. The van der Waals surface area contributed by atoms with E-state index in [1.165, 1.54) is 10.4 Å². The van der Waals surface area contributed by atoms with E-state index in [2.05, 4.69) is 22.3 Å². The summed E-state index contributed by atoms with van der Waals surface area (Å²) < 4.78 is 11.7. The van der Waals surface area contributed by atoms with Gasteiger partial charge in [-0.25, -0.2) is 0 Å². The summed E-state index contributed by atoms with van der Waals surface area (Å²) >= 11 is 0. The fourth-order valence-electron chi connectivity index (χ4n) is 3.34. The predicted molar refractivity (Wildman–Crippen MR) is 111 cm³/mol. The highest BCUT2D eigenvalue weighted by Gasteiger charge is 2.25. The van der Waals surface area contributed by atoms with Gasteiger partial charge in [0.1, 0.15) is 13.2 Å². The molecular weight excluding hydrogens is 382 g/mol. The first-order valence-electron chi connectivity index (χ1n) is 10.2. The topological polar surface area (TPSA) is 82.4 Å². The Hall–Kier alpha value is -3.42. The molecule has 2 aromatic carbocycles. The lowest BCUT2D eigenvalue weighted by atomic mass is 10.1. The van der Waals surface area contributed by atoms with Crippen molar-refractivity contribution in [1.82, 2.24) is 25.1 Å². The van der Waals surface area contributed by atoms with Crippen molar-refractivity contribution in [1.29, 1.82) is 0 Å². The third-order valence-corrected chi connectivity index (χ3v) is 5.08. The summed E-state index contributed by atoms with van der Waals surface area (Å²) in [5.41, 5.74) is 2.13. The highest BCUT2D eigenvalue weighted by Crippen LogP contribution is 2.31. The zero-order chi connectivity index (χ0) is 20.9. The number of carbonyl (C=O) groups excluding carboxylic acids is 1. The van der Waals surface area contributed by atoms with E-state index in [0.717, 1.165) is 17.7 Å². The van der Waals surface area contributed by atoms with Crippen molar-refractivity contribution >= 4 is 5.91 Å². The minimum atomic E-state index is -0.222. The Morgan fingerprint density at radius 1 is 1.13 bits per heavy atom. The molecule has 8 nitrogen and oxygen atoms in total. The second-order valence-corrected chi connectivity index (χ2v) is 7.12. The van der Waals surface area contributed by atoms with Gasteiger partial charge in [-0.05, 0) is 36.3 Å². The van der Waals surface area contributed by atoms with E-state index in [0.29, 0.717) is 31.3 Å². The van der Waals surface area contributed by atoms with Gasteiger partial charge in [0.05, 0.1) is 6.54 Å². The smallest absolute Gasteiger partial charge is 0.246 e. The SMILES string of the molecule is CCc1ccc(-c2nnn(CC(=O)N(CC)C[C@H]3COc4ccccc4O3)n2)cc1. The third-order valence-electron chi connectivity index (χ3n) is 5.08. The van der Waals surface area contributed by atoms with Crippen LogP contribution in [0.5, 0.6) is 11.5 Å². The Bertz CT molecular complexity index is 1000. The number of carbonyl (C=O) groups is 1. The van der Waals surface area contributed by atoms with Gasteiger partial charge >= 0.3 is 0 Å². The summed E-state index contributed by atoms with van der Waals surface area (Å²) in [5, 5.41) is 12.5. The highest BCUT2D eigenvalue weighted by molar-refractivity contribution is 5.75. The molecule has 0 saturated heterocycles. The standard InChI is InChI=1S/C22H25N5O3/c1-3-16-9-11-17(12-10-16)22-23-25-27(24-22)14-21(28)26(4-2)13-18-15-29-19-7-5-6-8-20(19)30-18/h5-12,18H,3-4,13-15H2,1-2H3/t18-/m0/s1. The normalized spacial score (nSPS) is 15.1. The van der Waals surface area contributed by atoms with E-state index in [4.69, 9.17) is 9.47 Å². The molecule has 1 aromatic heterocycles. The van der Waals surface area contributed by atoms with Crippen LogP contribution in [0.1, 0.15) is 19.4 Å². The highest BCUT2D eigenvalue weighted by atomic mass is 16.6. The summed E-state index contributed by atoms with van der Waals surface area (Å²) in [5.74, 6) is 1.85. The number of likely N-dealkylation sites (N-methyl/N-ethyl adjacent to an activating group) is 1. The maximum atomic E-state index is 12.8. The van der Waals surface area contributed by atoms with Crippen LogP contribution in [-0.4, -0.2) is 56.8 Å². The Kier molecular flexibility index (Phi) is 5.92. The van der Waals surface area contributed by atoms with Gasteiger partial charge in [0.15, 0.2) is 17.6 Å². The van der Waals surface area contributed by atoms with E-state index < -0.39 is 0 Å². The van der Waals surface area contributed by atoms with Gasteiger partial charge in [0, 0.05) is 12.1 Å². The summed E-state index contributed by atoms with van der Waals surface area (Å²) in [6.45, 7) is 5.46. The predicted octanol–water partition coefficient (Wildman–Crippen LogP) is 2.59. The summed E-state index contributed by atoms with van der Waals surface area (Å²) in [7, 11) is 0. The fourth-order valence-corrected chi connectivity index (χ4v) is 3.34. The molecule has 0 radical (unpaired) electrons. The zero-order valence-electron chi connectivity index (χ0n) is 17.2. The van der Waals surface area contributed by atoms with Gasteiger partial charge in [-0.15, -0.1) is 10.2 Å². The van der Waals surface area contributed by atoms with Crippen molar-refractivity contribution in [3.63, 3.8) is 0 Å². The second-order valence-electron chi connectivity index (χ2n) is 7.12. The number of fused-ring (bicyclic) bond motifs is 1. The monoisotopic (exact) mass is 407 g/mol. The molecular formula is C22H25N5O3. The van der Waals surface area contributed by atoms with Crippen LogP contribution in [0.3, 0.4) is 0 Å². The Balaban J connectivity index is 1.37. The van der Waals surface area contributed by atoms with Gasteiger partial charge in [-0.3, -0.25) is 4.79 Å². The van der Waals surface area contributed by atoms with Crippen molar-refractivity contribution in [3.8, 4) is 22.9 Å². The van der Waals surface area contributed by atoms with E-state index in [9.17, 15) is 4.79 Å². The molecule has 1 aliphatic rings. The van der Waals surface area contributed by atoms with Gasteiger partial charge in [0.2, 0.25) is 11.7 Å². The number of aryl methyl sites for hydroxylation is 1. The Morgan fingerprint density at radius 2 is 1.90 bits per heavy atom.